The second-order valence-electron chi connectivity index (χ2n) is 1.41. The van der Waals surface area contributed by atoms with Crippen LogP contribution in [-0.2, 0) is 0 Å². The Kier molecular flexibility index (Phi) is 6.37. The molecule has 0 bridgehead atoms. The van der Waals surface area contributed by atoms with Gasteiger partial charge in [0.2, 0.25) is 0 Å². The van der Waals surface area contributed by atoms with Crippen molar-refractivity contribution in [3.63, 3.8) is 0 Å². The zero-order chi connectivity index (χ0) is 5.70. The van der Waals surface area contributed by atoms with E-state index in [9.17, 15) is 0 Å². The lowest BCUT2D eigenvalue weighted by Gasteiger charge is -2.00. The molecule has 0 nitrogen and oxygen atoms in total. The zero-order valence-electron chi connectivity index (χ0n) is 4.32. The monoisotopic (exact) mass is 200 g/mol. The number of halogens is 1. The van der Waals surface area contributed by atoms with Crippen LogP contribution in [-0.4, -0.2) is 4.99 Å². The predicted molar refractivity (Wildman–Crippen MR) is 44.9 cm³/mol. The molecule has 0 spiro atoms. The molecule has 7 heavy (non-hydrogen) atoms. The van der Waals surface area contributed by atoms with Crippen molar-refractivity contribution < 1.29 is 0 Å². The molecule has 0 amide bonds. The molecule has 0 saturated heterocycles. The maximum Gasteiger partial charge on any atom is 0.0289 e. The van der Waals surface area contributed by atoms with Gasteiger partial charge >= 0.3 is 0 Å². The van der Waals surface area contributed by atoms with Gasteiger partial charge in [-0.25, -0.2) is 0 Å². The van der Waals surface area contributed by atoms with E-state index >= 15 is 0 Å². The highest BCUT2D eigenvalue weighted by Gasteiger charge is 1.94. The summed E-state index contributed by atoms with van der Waals surface area (Å²) in [7, 11) is 0.815. The maximum atomic E-state index is 4.28. The van der Waals surface area contributed by atoms with E-state index in [1.165, 1.54) is 12.8 Å². The van der Waals surface area contributed by atoms with Crippen molar-refractivity contribution in [2.45, 2.75) is 24.8 Å². The molecule has 0 aliphatic carbocycles. The van der Waals surface area contributed by atoms with Gasteiger partial charge in [-0.2, -0.15) is 12.6 Å². The summed E-state index contributed by atoms with van der Waals surface area (Å²) in [6, 6.07) is 0. The van der Waals surface area contributed by atoms with Crippen molar-refractivity contribution in [3.8, 4) is 0 Å². The van der Waals surface area contributed by atoms with Gasteiger partial charge in [0.15, 0.2) is 0 Å². The molecule has 2 unspecified atom stereocenters. The first-order chi connectivity index (χ1) is 3.31. The minimum absolute atomic E-state index is 0.588. The lowest BCUT2D eigenvalue weighted by molar-refractivity contribution is 0.873. The van der Waals surface area contributed by atoms with Crippen LogP contribution in [0.3, 0.4) is 0 Å². The van der Waals surface area contributed by atoms with Crippen LogP contribution in [0.2, 0.25) is 0 Å². The first kappa shape index (κ1) is 8.26. The third kappa shape index (κ3) is 5.13. The van der Waals surface area contributed by atoms with Gasteiger partial charge in [-0.3, -0.25) is 0 Å². The van der Waals surface area contributed by atoms with E-state index in [1.807, 2.05) is 0 Å². The highest BCUT2D eigenvalue weighted by atomic mass is 79.9. The van der Waals surface area contributed by atoms with Gasteiger partial charge < -0.3 is 0 Å². The molecule has 0 rings (SSSR count). The Morgan fingerprint density at radius 3 is 2.57 bits per heavy atom. The molecular weight excluding hydrogens is 191 g/mol. The first-order valence-electron chi connectivity index (χ1n) is 2.35. The molecule has 0 radical (unpaired) electrons. The van der Waals surface area contributed by atoms with E-state index in [-0.39, 0.29) is 0 Å². The fourth-order valence-electron chi connectivity index (χ4n) is 0.328. The lowest BCUT2D eigenvalue weighted by Crippen LogP contribution is -1.82. The van der Waals surface area contributed by atoms with Gasteiger partial charge in [0.25, 0.3) is 0 Å². The summed E-state index contributed by atoms with van der Waals surface area (Å²) in [4.78, 5) is 0.588. The van der Waals surface area contributed by atoms with Crippen molar-refractivity contribution >= 4 is 35.4 Å². The summed E-state index contributed by atoms with van der Waals surface area (Å²) in [5, 5.41) is 0. The van der Waals surface area contributed by atoms with E-state index < -0.39 is 0 Å². The van der Waals surface area contributed by atoms with Gasteiger partial charge in [0, 0.05) is 4.99 Å². The zero-order valence-corrected chi connectivity index (χ0v) is 7.80. The van der Waals surface area contributed by atoms with Crippen LogP contribution in [0.15, 0.2) is 0 Å². The van der Waals surface area contributed by atoms with E-state index in [0.717, 1.165) is 7.28 Å². The van der Waals surface area contributed by atoms with Crippen LogP contribution in [0.25, 0.3) is 0 Å². The topological polar surface area (TPSA) is 0 Å². The van der Waals surface area contributed by atoms with E-state index in [1.54, 1.807) is 0 Å². The number of rotatable bonds is 3. The Balaban J connectivity index is 2.83. The average Bonchev–Trinajstić information content (AvgIpc) is 1.68. The van der Waals surface area contributed by atoms with Gasteiger partial charge in [-0.15, -0.1) is 0 Å². The molecule has 3 heteroatoms. The fourth-order valence-corrected chi connectivity index (χ4v) is 1.67. The van der Waals surface area contributed by atoms with Crippen LogP contribution >= 0.6 is 35.4 Å². The largest absolute Gasteiger partial charge is 0.171 e. The highest BCUT2D eigenvalue weighted by Crippen LogP contribution is 2.32. The second-order valence-corrected chi connectivity index (χ2v) is 4.81. The maximum absolute atomic E-state index is 4.28. The number of thiol groups is 1. The standard InChI is InChI=1S/C4H10BrPS/c1-2-3-4(7)6-5/h4,6-7H,2-3H2,1H3. The molecule has 0 aliphatic rings. The van der Waals surface area contributed by atoms with Crippen molar-refractivity contribution in [2.24, 2.45) is 0 Å². The van der Waals surface area contributed by atoms with Gasteiger partial charge in [0.1, 0.15) is 0 Å². The Hall–Kier alpha value is 1.26. The van der Waals surface area contributed by atoms with Crippen LogP contribution in [0.1, 0.15) is 19.8 Å². The molecule has 0 aliphatic heterocycles. The predicted octanol–water partition coefficient (Wildman–Crippen LogP) is 3.03. The van der Waals surface area contributed by atoms with Crippen LogP contribution < -0.4 is 0 Å². The fraction of sp³-hybridized carbons (Fsp3) is 1.00. The summed E-state index contributed by atoms with van der Waals surface area (Å²) >= 11 is 7.64. The molecule has 0 aromatic rings. The number of hydrogen-bond acceptors (Lipinski definition) is 1. The molecule has 2 atom stereocenters. The molecule has 0 aromatic heterocycles. The van der Waals surface area contributed by atoms with Gasteiger partial charge in [-0.1, -0.05) is 28.8 Å². The van der Waals surface area contributed by atoms with Crippen LogP contribution in [0, 0.1) is 0 Å². The summed E-state index contributed by atoms with van der Waals surface area (Å²) < 4.78 is 0. The van der Waals surface area contributed by atoms with E-state index in [2.05, 4.69) is 35.0 Å². The minimum Gasteiger partial charge on any atom is -0.171 e. The van der Waals surface area contributed by atoms with Crippen LogP contribution in [0.5, 0.6) is 0 Å². The first-order valence-corrected chi connectivity index (χ1v) is 6.20. The molecule has 0 saturated carbocycles. The highest BCUT2D eigenvalue weighted by molar-refractivity contribution is 9.37. The lowest BCUT2D eigenvalue weighted by atomic mass is 10.4. The molecule has 44 valence electrons. The summed E-state index contributed by atoms with van der Waals surface area (Å²) in [6.45, 7) is 2.18. The van der Waals surface area contributed by atoms with Crippen molar-refractivity contribution in [3.05, 3.63) is 0 Å². The van der Waals surface area contributed by atoms with Gasteiger partial charge in [0.05, 0.1) is 0 Å². The smallest absolute Gasteiger partial charge is 0.0289 e. The SMILES string of the molecule is CCCC(S)PBr. The van der Waals surface area contributed by atoms with Crippen molar-refractivity contribution in [1.29, 1.82) is 0 Å². The van der Waals surface area contributed by atoms with Crippen molar-refractivity contribution in [2.75, 3.05) is 0 Å². The number of hydrogen-bond donors (Lipinski definition) is 1. The normalized spacial score (nSPS) is 15.9. The third-order valence-electron chi connectivity index (χ3n) is 0.688. The molecule has 0 fully saturated rings. The summed E-state index contributed by atoms with van der Waals surface area (Å²) in [6.07, 6.45) is 2.47. The van der Waals surface area contributed by atoms with Gasteiger partial charge in [-0.05, 0) is 13.7 Å². The third-order valence-corrected chi connectivity index (χ3v) is 4.59. The Labute approximate surface area is 60.4 Å². The van der Waals surface area contributed by atoms with E-state index in [0.29, 0.717) is 4.99 Å². The Bertz CT molecular complexity index is 42.7. The summed E-state index contributed by atoms with van der Waals surface area (Å²) in [5.41, 5.74) is 0. The second kappa shape index (κ2) is 5.40. The Morgan fingerprint density at radius 2 is 2.43 bits per heavy atom. The molecule has 0 heterocycles. The molecule has 0 N–H and O–H groups in total. The average molecular weight is 201 g/mol. The molecule has 0 aromatic carbocycles. The van der Waals surface area contributed by atoms with Crippen LogP contribution in [0.4, 0.5) is 0 Å². The molecular formula is C4H10BrPS. The summed E-state index contributed by atoms with van der Waals surface area (Å²) in [5.74, 6) is 0. The minimum atomic E-state index is 0.588. The van der Waals surface area contributed by atoms with E-state index in [4.69, 9.17) is 0 Å². The van der Waals surface area contributed by atoms with Crippen molar-refractivity contribution in [1.82, 2.24) is 0 Å². The Morgan fingerprint density at radius 1 is 1.86 bits per heavy atom. The quantitative estimate of drug-likeness (QED) is 0.526.